The van der Waals surface area contributed by atoms with Crippen LogP contribution in [0.25, 0.3) is 0 Å². The fourth-order valence-electron chi connectivity index (χ4n) is 2.22. The Morgan fingerprint density at radius 3 is 2.72 bits per heavy atom. The van der Waals surface area contributed by atoms with Gasteiger partial charge in [-0.2, -0.15) is 0 Å². The molecule has 0 spiro atoms. The summed E-state index contributed by atoms with van der Waals surface area (Å²) in [4.78, 5) is 17.4. The van der Waals surface area contributed by atoms with Crippen molar-refractivity contribution in [2.24, 2.45) is 17.3 Å². The predicted octanol–water partition coefficient (Wildman–Crippen LogP) is 4.29. The third-order valence-corrected chi connectivity index (χ3v) is 4.71. The van der Waals surface area contributed by atoms with Gasteiger partial charge in [0.15, 0.2) is 5.13 Å². The maximum absolute atomic E-state index is 12.2. The number of nitrogens with zero attached hydrogens (tertiary/aromatic N) is 1. The minimum absolute atomic E-state index is 0.00315. The molecule has 6 heteroatoms. The molecule has 2 unspecified atom stereocenters. The molecule has 3 nitrogen and oxygen atoms in total. The Balaban J connectivity index is 2.05. The molecule has 1 aliphatic rings. The molecular formula is C12H14Br2N2OS. The van der Waals surface area contributed by atoms with Crippen LogP contribution in [-0.4, -0.2) is 10.9 Å². The molecule has 0 radical (unpaired) electrons. The smallest absolute Gasteiger partial charge is 0.230 e. The summed E-state index contributed by atoms with van der Waals surface area (Å²) in [6, 6.07) is 0. The number of allylic oxidation sites excluding steroid dienone is 1. The summed E-state index contributed by atoms with van der Waals surface area (Å²) in [7, 11) is 0. The van der Waals surface area contributed by atoms with Crippen molar-refractivity contribution in [3.05, 3.63) is 20.5 Å². The van der Waals surface area contributed by atoms with E-state index in [1.54, 1.807) is 6.20 Å². The van der Waals surface area contributed by atoms with E-state index in [9.17, 15) is 4.79 Å². The summed E-state index contributed by atoms with van der Waals surface area (Å²) >= 11 is 8.20. The molecule has 0 aromatic carbocycles. The second kappa shape index (κ2) is 5.06. The average molecular weight is 394 g/mol. The Morgan fingerprint density at radius 2 is 2.22 bits per heavy atom. The Labute approximate surface area is 127 Å². The van der Waals surface area contributed by atoms with Crippen LogP contribution in [0.2, 0.25) is 0 Å². The van der Waals surface area contributed by atoms with E-state index in [2.05, 4.69) is 56.0 Å². The number of hydrogen-bond acceptors (Lipinski definition) is 3. The zero-order valence-corrected chi connectivity index (χ0v) is 14.3. The summed E-state index contributed by atoms with van der Waals surface area (Å²) in [5, 5.41) is 3.57. The van der Waals surface area contributed by atoms with Crippen LogP contribution in [0.3, 0.4) is 0 Å². The molecule has 1 aromatic heterocycles. The number of nitrogens with one attached hydrogen (secondary N) is 1. The Bertz CT molecular complexity index is 506. The number of aryl methyl sites for hydroxylation is 1. The van der Waals surface area contributed by atoms with E-state index in [4.69, 9.17) is 0 Å². The summed E-state index contributed by atoms with van der Waals surface area (Å²) < 4.78 is 0.897. The molecule has 1 aromatic rings. The summed E-state index contributed by atoms with van der Waals surface area (Å²) in [5.74, 6) is 0.316. The number of anilines is 1. The number of carbonyl (C=O) groups excluding carboxylic acids is 1. The second-order valence-electron chi connectivity index (χ2n) is 5.05. The fourth-order valence-corrected chi connectivity index (χ4v) is 3.46. The highest BCUT2D eigenvalue weighted by molar-refractivity contribution is 9.28. The fraction of sp³-hybridized carbons (Fsp3) is 0.500. The van der Waals surface area contributed by atoms with Crippen molar-refractivity contribution >= 4 is 54.2 Å². The van der Waals surface area contributed by atoms with E-state index in [1.807, 2.05) is 13.0 Å². The highest BCUT2D eigenvalue weighted by Gasteiger charge is 2.60. The van der Waals surface area contributed by atoms with Gasteiger partial charge >= 0.3 is 0 Å². The molecule has 1 fully saturated rings. The molecule has 0 aliphatic heterocycles. The first kappa shape index (κ1) is 14.2. The van der Waals surface area contributed by atoms with Crippen molar-refractivity contribution in [1.29, 1.82) is 0 Å². The van der Waals surface area contributed by atoms with Gasteiger partial charge in [-0.25, -0.2) is 4.98 Å². The lowest BCUT2D eigenvalue weighted by molar-refractivity contribution is -0.118. The van der Waals surface area contributed by atoms with E-state index in [0.717, 1.165) is 8.27 Å². The highest BCUT2D eigenvalue weighted by Crippen LogP contribution is 2.60. The maximum atomic E-state index is 12.2. The monoisotopic (exact) mass is 392 g/mol. The maximum Gasteiger partial charge on any atom is 0.230 e. The predicted molar refractivity (Wildman–Crippen MR) is 82.2 cm³/mol. The van der Waals surface area contributed by atoms with Gasteiger partial charge in [0.1, 0.15) is 0 Å². The third kappa shape index (κ3) is 2.86. The minimum atomic E-state index is 0.00315. The van der Waals surface area contributed by atoms with Gasteiger partial charge in [0.25, 0.3) is 0 Å². The molecule has 1 saturated carbocycles. The lowest BCUT2D eigenvalue weighted by atomic mass is 10.1. The number of thiazole rings is 1. The minimum Gasteiger partial charge on any atom is -0.302 e. The Kier molecular flexibility index (Phi) is 3.99. The summed E-state index contributed by atoms with van der Waals surface area (Å²) in [6.45, 7) is 6.19. The van der Waals surface area contributed by atoms with Crippen LogP contribution in [0.4, 0.5) is 5.13 Å². The van der Waals surface area contributed by atoms with Crippen LogP contribution in [0.1, 0.15) is 18.7 Å². The van der Waals surface area contributed by atoms with Gasteiger partial charge in [0.2, 0.25) is 5.91 Å². The molecule has 98 valence electrons. The first-order chi connectivity index (χ1) is 8.32. The van der Waals surface area contributed by atoms with Gasteiger partial charge in [-0.05, 0) is 50.1 Å². The Hall–Kier alpha value is -0.200. The van der Waals surface area contributed by atoms with Crippen molar-refractivity contribution in [1.82, 2.24) is 4.98 Å². The van der Waals surface area contributed by atoms with Crippen molar-refractivity contribution in [3.8, 4) is 0 Å². The second-order valence-corrected chi connectivity index (χ2v) is 9.05. The Morgan fingerprint density at radius 1 is 1.56 bits per heavy atom. The van der Waals surface area contributed by atoms with Gasteiger partial charge in [0, 0.05) is 11.1 Å². The van der Waals surface area contributed by atoms with Crippen molar-refractivity contribution in [2.75, 3.05) is 5.32 Å². The molecule has 18 heavy (non-hydrogen) atoms. The van der Waals surface area contributed by atoms with Gasteiger partial charge < -0.3 is 5.32 Å². The van der Waals surface area contributed by atoms with Crippen LogP contribution >= 0.6 is 43.2 Å². The van der Waals surface area contributed by atoms with E-state index in [0.29, 0.717) is 5.13 Å². The lowest BCUT2D eigenvalue weighted by Gasteiger charge is -2.02. The SMILES string of the molecule is Cc1cnc(NC(=O)C2C(C=C(Br)Br)C2(C)C)s1. The summed E-state index contributed by atoms with van der Waals surface area (Å²) in [6.07, 6.45) is 3.81. The van der Waals surface area contributed by atoms with E-state index < -0.39 is 0 Å². The van der Waals surface area contributed by atoms with Crippen LogP contribution in [0.15, 0.2) is 15.7 Å². The molecular weight excluding hydrogens is 380 g/mol. The molecule has 1 amide bonds. The van der Waals surface area contributed by atoms with Crippen LogP contribution < -0.4 is 5.32 Å². The topological polar surface area (TPSA) is 42.0 Å². The molecule has 2 rings (SSSR count). The third-order valence-electron chi connectivity index (χ3n) is 3.35. The van der Waals surface area contributed by atoms with Crippen LogP contribution in [-0.2, 0) is 4.79 Å². The van der Waals surface area contributed by atoms with Crippen LogP contribution in [0.5, 0.6) is 0 Å². The molecule has 1 aliphatic carbocycles. The van der Waals surface area contributed by atoms with Crippen LogP contribution in [0, 0.1) is 24.2 Å². The molecule has 0 saturated heterocycles. The average Bonchev–Trinajstić information content (AvgIpc) is 2.56. The van der Waals surface area contributed by atoms with E-state index in [-0.39, 0.29) is 23.2 Å². The molecule has 0 bridgehead atoms. The molecule has 1 heterocycles. The van der Waals surface area contributed by atoms with Crippen molar-refractivity contribution in [2.45, 2.75) is 20.8 Å². The van der Waals surface area contributed by atoms with Crippen molar-refractivity contribution in [3.63, 3.8) is 0 Å². The zero-order chi connectivity index (χ0) is 13.5. The first-order valence-electron chi connectivity index (χ1n) is 5.58. The zero-order valence-electron chi connectivity index (χ0n) is 10.3. The standard InChI is InChI=1S/C12H14Br2N2OS/c1-6-5-15-11(18-6)16-10(17)9-7(4-8(13)14)12(9,2)3/h4-5,7,9H,1-3H3,(H,15,16,17). The van der Waals surface area contributed by atoms with E-state index >= 15 is 0 Å². The number of carbonyl (C=O) groups is 1. The van der Waals surface area contributed by atoms with Gasteiger partial charge in [-0.15, -0.1) is 11.3 Å². The van der Waals surface area contributed by atoms with Gasteiger partial charge in [-0.1, -0.05) is 19.9 Å². The number of hydrogen-bond donors (Lipinski definition) is 1. The number of amides is 1. The largest absolute Gasteiger partial charge is 0.302 e. The number of rotatable bonds is 3. The van der Waals surface area contributed by atoms with Gasteiger partial charge in [-0.3, -0.25) is 4.79 Å². The molecule has 2 atom stereocenters. The highest BCUT2D eigenvalue weighted by atomic mass is 79.9. The lowest BCUT2D eigenvalue weighted by Crippen LogP contribution is -2.16. The number of aromatic nitrogens is 1. The summed E-state index contributed by atoms with van der Waals surface area (Å²) in [5.41, 5.74) is 0.00315. The quantitative estimate of drug-likeness (QED) is 0.831. The normalized spacial score (nSPS) is 24.5. The first-order valence-corrected chi connectivity index (χ1v) is 7.98. The van der Waals surface area contributed by atoms with Gasteiger partial charge in [0.05, 0.1) is 9.31 Å². The van der Waals surface area contributed by atoms with E-state index in [1.165, 1.54) is 11.3 Å². The molecule has 1 N–H and O–H groups in total. The van der Waals surface area contributed by atoms with Crippen molar-refractivity contribution < 1.29 is 4.79 Å². The number of halogens is 2.